The number of carbonyl (C=O) groups is 1. The quantitative estimate of drug-likeness (QED) is 0.641. The maximum absolute atomic E-state index is 13.5. The molecule has 0 aliphatic heterocycles. The minimum atomic E-state index is -4.58. The molecule has 0 aromatic heterocycles. The normalized spacial score (nSPS) is 40.7. The molecule has 0 amide bonds. The van der Waals surface area contributed by atoms with Gasteiger partial charge in [-0.3, -0.25) is 4.79 Å². The molecular formula is C19H29F3O2. The number of hydrogen-bond acceptors (Lipinski definition) is 2. The lowest BCUT2D eigenvalue weighted by Gasteiger charge is -2.62. The molecule has 0 aromatic carbocycles. The molecule has 138 valence electrons. The van der Waals surface area contributed by atoms with Gasteiger partial charge in [0.15, 0.2) is 5.41 Å². The van der Waals surface area contributed by atoms with Crippen molar-refractivity contribution in [3.05, 3.63) is 0 Å². The van der Waals surface area contributed by atoms with Crippen LogP contribution >= 0.6 is 0 Å². The van der Waals surface area contributed by atoms with Crippen LogP contribution in [0.25, 0.3) is 0 Å². The van der Waals surface area contributed by atoms with Crippen LogP contribution in [0.5, 0.6) is 0 Å². The summed E-state index contributed by atoms with van der Waals surface area (Å²) in [5.41, 5.74) is -3.12. The molecule has 4 fully saturated rings. The minimum Gasteiger partial charge on any atom is -0.458 e. The van der Waals surface area contributed by atoms with Gasteiger partial charge in [0.2, 0.25) is 0 Å². The van der Waals surface area contributed by atoms with Crippen LogP contribution in [0, 0.1) is 35.0 Å². The second kappa shape index (κ2) is 5.63. The highest BCUT2D eigenvalue weighted by Gasteiger charge is 2.64. The fourth-order valence-electron chi connectivity index (χ4n) is 5.88. The summed E-state index contributed by atoms with van der Waals surface area (Å²) in [4.78, 5) is 12.7. The Bertz CT molecular complexity index is 483. The van der Waals surface area contributed by atoms with E-state index in [1.54, 1.807) is 0 Å². The van der Waals surface area contributed by atoms with E-state index in [1.165, 1.54) is 13.3 Å². The van der Waals surface area contributed by atoms with E-state index in [0.29, 0.717) is 11.8 Å². The summed E-state index contributed by atoms with van der Waals surface area (Å²) in [6, 6.07) is 0. The molecule has 1 unspecified atom stereocenters. The van der Waals surface area contributed by atoms with Crippen LogP contribution in [-0.4, -0.2) is 17.7 Å². The lowest BCUT2D eigenvalue weighted by atomic mass is 9.47. The first-order valence-corrected chi connectivity index (χ1v) is 9.34. The third-order valence-corrected chi connectivity index (χ3v) is 7.37. The molecule has 4 aliphatic carbocycles. The van der Waals surface area contributed by atoms with E-state index in [-0.39, 0.29) is 24.2 Å². The molecule has 4 rings (SSSR count). The molecule has 0 heterocycles. The summed E-state index contributed by atoms with van der Waals surface area (Å²) >= 11 is 0. The average molecular weight is 346 g/mol. The van der Waals surface area contributed by atoms with Gasteiger partial charge in [0.25, 0.3) is 0 Å². The van der Waals surface area contributed by atoms with E-state index >= 15 is 0 Å². The monoisotopic (exact) mass is 346 g/mol. The largest absolute Gasteiger partial charge is 0.458 e. The SMILES string of the molecule is CCC(C)(C(=O)OC1(C(C)C)C2CC3CC(C2)CC1C3)C(F)(F)F. The zero-order chi connectivity index (χ0) is 17.9. The number of alkyl halides is 3. The molecule has 1 atom stereocenters. The van der Waals surface area contributed by atoms with Crippen molar-refractivity contribution in [1.29, 1.82) is 0 Å². The number of rotatable bonds is 4. The van der Waals surface area contributed by atoms with Crippen molar-refractivity contribution >= 4 is 5.97 Å². The Balaban J connectivity index is 1.92. The summed E-state index contributed by atoms with van der Waals surface area (Å²) in [5, 5.41) is 0. The van der Waals surface area contributed by atoms with Gasteiger partial charge in [-0.2, -0.15) is 13.2 Å². The standard InChI is InChI=1S/C19H29F3O2/c1-5-17(4,19(20,21)22)16(23)24-18(11(2)3)14-7-12-6-13(9-14)10-15(18)8-12/h11-15H,5-10H2,1-4H3. The van der Waals surface area contributed by atoms with Gasteiger partial charge in [0.1, 0.15) is 5.60 Å². The summed E-state index contributed by atoms with van der Waals surface area (Å²) in [6.45, 7) is 6.41. The fourth-order valence-corrected chi connectivity index (χ4v) is 5.88. The predicted molar refractivity (Wildman–Crippen MR) is 85.2 cm³/mol. The topological polar surface area (TPSA) is 26.3 Å². The van der Waals surface area contributed by atoms with Gasteiger partial charge < -0.3 is 4.74 Å². The van der Waals surface area contributed by atoms with Crippen molar-refractivity contribution in [1.82, 2.24) is 0 Å². The van der Waals surface area contributed by atoms with Crippen LogP contribution in [0.4, 0.5) is 13.2 Å². The smallest absolute Gasteiger partial charge is 0.404 e. The molecule has 0 saturated heterocycles. The maximum Gasteiger partial charge on any atom is 0.404 e. The number of ether oxygens (including phenoxy) is 1. The molecule has 4 bridgehead atoms. The first-order chi connectivity index (χ1) is 11.0. The van der Waals surface area contributed by atoms with Crippen LogP contribution in [0.2, 0.25) is 0 Å². The van der Waals surface area contributed by atoms with Crippen molar-refractivity contribution in [2.24, 2.45) is 35.0 Å². The zero-order valence-electron chi connectivity index (χ0n) is 15.1. The molecule has 0 radical (unpaired) electrons. The predicted octanol–water partition coefficient (Wildman–Crippen LogP) is 5.36. The molecule has 0 N–H and O–H groups in total. The number of halogens is 3. The fraction of sp³-hybridized carbons (Fsp3) is 0.947. The van der Waals surface area contributed by atoms with Crippen LogP contribution < -0.4 is 0 Å². The first kappa shape index (κ1) is 18.1. The van der Waals surface area contributed by atoms with E-state index < -0.39 is 23.2 Å². The lowest BCUT2D eigenvalue weighted by molar-refractivity contribution is -0.263. The highest BCUT2D eigenvalue weighted by atomic mass is 19.4. The van der Waals surface area contributed by atoms with E-state index in [4.69, 9.17) is 4.74 Å². The summed E-state index contributed by atoms with van der Waals surface area (Å²) in [5.74, 6) is 0.792. The summed E-state index contributed by atoms with van der Waals surface area (Å²) < 4.78 is 46.4. The van der Waals surface area contributed by atoms with E-state index in [9.17, 15) is 18.0 Å². The van der Waals surface area contributed by atoms with Gasteiger partial charge >= 0.3 is 12.1 Å². The Hall–Kier alpha value is -0.740. The van der Waals surface area contributed by atoms with Crippen molar-refractivity contribution in [2.75, 3.05) is 0 Å². The van der Waals surface area contributed by atoms with Gasteiger partial charge in [-0.1, -0.05) is 20.8 Å². The van der Waals surface area contributed by atoms with E-state index in [2.05, 4.69) is 0 Å². The first-order valence-electron chi connectivity index (χ1n) is 9.34. The van der Waals surface area contributed by atoms with Crippen LogP contribution in [-0.2, 0) is 9.53 Å². The third kappa shape index (κ3) is 2.40. The van der Waals surface area contributed by atoms with Crippen molar-refractivity contribution in [3.63, 3.8) is 0 Å². The van der Waals surface area contributed by atoms with E-state index in [0.717, 1.165) is 32.6 Å². The van der Waals surface area contributed by atoms with Gasteiger partial charge in [-0.05, 0) is 75.0 Å². The molecule has 2 nitrogen and oxygen atoms in total. The average Bonchev–Trinajstić information content (AvgIpc) is 2.47. The number of hydrogen-bond donors (Lipinski definition) is 0. The number of carbonyl (C=O) groups excluding carboxylic acids is 1. The van der Waals surface area contributed by atoms with Gasteiger partial charge in [-0.25, -0.2) is 0 Å². The highest BCUT2D eigenvalue weighted by Crippen LogP contribution is 2.62. The summed E-state index contributed by atoms with van der Waals surface area (Å²) in [7, 11) is 0. The van der Waals surface area contributed by atoms with Crippen LogP contribution in [0.15, 0.2) is 0 Å². The lowest BCUT2D eigenvalue weighted by Crippen LogP contribution is -2.63. The Morgan fingerprint density at radius 3 is 1.88 bits per heavy atom. The van der Waals surface area contributed by atoms with Crippen molar-refractivity contribution < 1.29 is 22.7 Å². The number of esters is 1. The van der Waals surface area contributed by atoms with Crippen LogP contribution in [0.1, 0.15) is 66.2 Å². The molecule has 24 heavy (non-hydrogen) atoms. The molecular weight excluding hydrogens is 317 g/mol. The Labute approximate surface area is 142 Å². The minimum absolute atomic E-state index is 0.0470. The van der Waals surface area contributed by atoms with Crippen molar-refractivity contribution in [2.45, 2.75) is 78.0 Å². The molecule has 0 aromatic rings. The highest BCUT2D eigenvalue weighted by molar-refractivity contribution is 5.78. The van der Waals surface area contributed by atoms with Gasteiger partial charge in [-0.15, -0.1) is 0 Å². The summed E-state index contributed by atoms with van der Waals surface area (Å²) in [6.07, 6.45) is 0.415. The Morgan fingerprint density at radius 1 is 1.08 bits per heavy atom. The van der Waals surface area contributed by atoms with Crippen LogP contribution in [0.3, 0.4) is 0 Å². The second-order valence-electron chi connectivity index (χ2n) is 8.89. The third-order valence-electron chi connectivity index (χ3n) is 7.37. The molecule has 4 saturated carbocycles. The van der Waals surface area contributed by atoms with Gasteiger partial charge in [0.05, 0.1) is 0 Å². The Kier molecular flexibility index (Phi) is 4.24. The van der Waals surface area contributed by atoms with E-state index in [1.807, 2.05) is 13.8 Å². The maximum atomic E-state index is 13.5. The van der Waals surface area contributed by atoms with Gasteiger partial charge in [0, 0.05) is 0 Å². The zero-order valence-corrected chi connectivity index (χ0v) is 15.1. The Morgan fingerprint density at radius 2 is 1.54 bits per heavy atom. The second-order valence-corrected chi connectivity index (χ2v) is 8.89. The molecule has 0 spiro atoms. The molecule has 4 aliphatic rings. The molecule has 5 heteroatoms. The van der Waals surface area contributed by atoms with Crippen molar-refractivity contribution in [3.8, 4) is 0 Å².